The molecule has 1 unspecified atom stereocenters. The standard InChI is InChI=1S/C13H16N2OS/c1-9-4-10(7-15-6-9)13(14-2)12-5-11(16-3)8-17-12/h4-8,13-14H,1-3H3. The lowest BCUT2D eigenvalue weighted by atomic mass is 10.1. The number of pyridine rings is 1. The zero-order valence-electron chi connectivity index (χ0n) is 10.2. The van der Waals surface area contributed by atoms with Gasteiger partial charge in [-0.1, -0.05) is 6.07 Å². The van der Waals surface area contributed by atoms with Gasteiger partial charge in [-0.25, -0.2) is 0 Å². The van der Waals surface area contributed by atoms with Gasteiger partial charge in [-0.15, -0.1) is 11.3 Å². The van der Waals surface area contributed by atoms with Crippen molar-refractivity contribution in [3.8, 4) is 5.75 Å². The molecular weight excluding hydrogens is 232 g/mol. The van der Waals surface area contributed by atoms with Gasteiger partial charge in [0.1, 0.15) is 5.75 Å². The van der Waals surface area contributed by atoms with Crippen molar-refractivity contribution in [2.75, 3.05) is 14.2 Å². The molecule has 0 saturated carbocycles. The minimum atomic E-state index is 0.177. The summed E-state index contributed by atoms with van der Waals surface area (Å²) in [5.41, 5.74) is 2.35. The Bertz CT molecular complexity index is 496. The largest absolute Gasteiger partial charge is 0.496 e. The minimum absolute atomic E-state index is 0.177. The molecule has 3 nitrogen and oxygen atoms in total. The number of nitrogens with zero attached hydrogens (tertiary/aromatic N) is 1. The van der Waals surface area contributed by atoms with Crippen LogP contribution in [0, 0.1) is 6.92 Å². The summed E-state index contributed by atoms with van der Waals surface area (Å²) >= 11 is 1.69. The summed E-state index contributed by atoms with van der Waals surface area (Å²) in [5.74, 6) is 0.908. The lowest BCUT2D eigenvalue weighted by Crippen LogP contribution is -2.16. The fraction of sp³-hybridized carbons (Fsp3) is 0.308. The maximum absolute atomic E-state index is 5.22. The third kappa shape index (κ3) is 2.65. The van der Waals surface area contributed by atoms with Crippen molar-refractivity contribution >= 4 is 11.3 Å². The van der Waals surface area contributed by atoms with E-state index in [1.807, 2.05) is 24.8 Å². The molecule has 2 aromatic heterocycles. The van der Waals surface area contributed by atoms with Crippen LogP contribution in [0.25, 0.3) is 0 Å². The summed E-state index contributed by atoms with van der Waals surface area (Å²) in [6.45, 7) is 2.05. The quantitative estimate of drug-likeness (QED) is 0.903. The van der Waals surface area contributed by atoms with E-state index in [1.165, 1.54) is 16.0 Å². The smallest absolute Gasteiger partial charge is 0.129 e. The van der Waals surface area contributed by atoms with Crippen LogP contribution in [-0.4, -0.2) is 19.1 Å². The lowest BCUT2D eigenvalue weighted by Gasteiger charge is -2.14. The second-order valence-electron chi connectivity index (χ2n) is 3.91. The highest BCUT2D eigenvalue weighted by atomic mass is 32.1. The Labute approximate surface area is 105 Å². The molecule has 0 aromatic carbocycles. The molecule has 2 rings (SSSR count). The van der Waals surface area contributed by atoms with Crippen molar-refractivity contribution in [3.05, 3.63) is 45.9 Å². The predicted octanol–water partition coefficient (Wildman–Crippen LogP) is 2.77. The van der Waals surface area contributed by atoms with E-state index in [1.54, 1.807) is 18.4 Å². The van der Waals surface area contributed by atoms with Gasteiger partial charge in [-0.3, -0.25) is 4.98 Å². The Morgan fingerprint density at radius 3 is 2.76 bits per heavy atom. The molecule has 1 N–H and O–H groups in total. The Kier molecular flexibility index (Phi) is 3.76. The van der Waals surface area contributed by atoms with E-state index in [0.29, 0.717) is 0 Å². The first kappa shape index (κ1) is 12.1. The monoisotopic (exact) mass is 248 g/mol. The van der Waals surface area contributed by atoms with Crippen LogP contribution in [0.2, 0.25) is 0 Å². The molecular formula is C13H16N2OS. The molecule has 2 aromatic rings. The summed E-state index contributed by atoms with van der Waals surface area (Å²) in [7, 11) is 3.65. The van der Waals surface area contributed by atoms with Crippen LogP contribution < -0.4 is 10.1 Å². The van der Waals surface area contributed by atoms with Crippen molar-refractivity contribution in [3.63, 3.8) is 0 Å². The first-order valence-corrected chi connectivity index (χ1v) is 6.34. The zero-order chi connectivity index (χ0) is 12.3. The number of nitrogens with one attached hydrogen (secondary N) is 1. The normalized spacial score (nSPS) is 12.4. The van der Waals surface area contributed by atoms with Gasteiger partial charge in [-0.2, -0.15) is 0 Å². The molecule has 90 valence electrons. The lowest BCUT2D eigenvalue weighted by molar-refractivity contribution is 0.416. The van der Waals surface area contributed by atoms with Gasteiger partial charge < -0.3 is 10.1 Å². The van der Waals surface area contributed by atoms with Gasteiger partial charge in [0, 0.05) is 22.7 Å². The highest BCUT2D eigenvalue weighted by Gasteiger charge is 2.15. The highest BCUT2D eigenvalue weighted by Crippen LogP contribution is 2.30. The van der Waals surface area contributed by atoms with Gasteiger partial charge in [0.15, 0.2) is 0 Å². The number of hydrogen-bond acceptors (Lipinski definition) is 4. The fourth-order valence-corrected chi connectivity index (χ4v) is 2.79. The second-order valence-corrected chi connectivity index (χ2v) is 4.85. The maximum Gasteiger partial charge on any atom is 0.129 e. The van der Waals surface area contributed by atoms with Crippen molar-refractivity contribution in [1.29, 1.82) is 0 Å². The third-order valence-corrected chi connectivity index (χ3v) is 3.61. The highest BCUT2D eigenvalue weighted by molar-refractivity contribution is 7.10. The fourth-order valence-electron chi connectivity index (χ4n) is 1.80. The number of ether oxygens (including phenoxy) is 1. The van der Waals surface area contributed by atoms with Gasteiger partial charge in [0.05, 0.1) is 13.2 Å². The van der Waals surface area contributed by atoms with Gasteiger partial charge in [0.25, 0.3) is 0 Å². The molecule has 0 aliphatic rings. The molecule has 0 fully saturated rings. The summed E-state index contributed by atoms with van der Waals surface area (Å²) in [6, 6.07) is 4.39. The number of aryl methyl sites for hydroxylation is 1. The Hall–Kier alpha value is -1.39. The average Bonchev–Trinajstić information content (AvgIpc) is 2.79. The predicted molar refractivity (Wildman–Crippen MR) is 70.7 cm³/mol. The minimum Gasteiger partial charge on any atom is -0.496 e. The van der Waals surface area contributed by atoms with Gasteiger partial charge >= 0.3 is 0 Å². The van der Waals surface area contributed by atoms with E-state index in [-0.39, 0.29) is 6.04 Å². The number of thiophene rings is 1. The molecule has 0 saturated heterocycles. The summed E-state index contributed by atoms with van der Waals surface area (Å²) in [6.07, 6.45) is 3.77. The molecule has 0 amide bonds. The van der Waals surface area contributed by atoms with E-state index in [9.17, 15) is 0 Å². The molecule has 0 radical (unpaired) electrons. The van der Waals surface area contributed by atoms with E-state index in [4.69, 9.17) is 4.74 Å². The molecule has 4 heteroatoms. The number of hydrogen-bond donors (Lipinski definition) is 1. The number of methoxy groups -OCH3 is 1. The first-order valence-electron chi connectivity index (χ1n) is 5.46. The zero-order valence-corrected chi connectivity index (χ0v) is 11.0. The Morgan fingerprint density at radius 2 is 2.18 bits per heavy atom. The number of aromatic nitrogens is 1. The molecule has 0 bridgehead atoms. The van der Waals surface area contributed by atoms with Crippen LogP contribution in [0.4, 0.5) is 0 Å². The molecule has 0 spiro atoms. The van der Waals surface area contributed by atoms with Crippen LogP contribution in [0.15, 0.2) is 29.9 Å². The third-order valence-electron chi connectivity index (χ3n) is 2.63. The molecule has 0 aliphatic heterocycles. The molecule has 1 atom stereocenters. The van der Waals surface area contributed by atoms with Crippen LogP contribution in [0.3, 0.4) is 0 Å². The van der Waals surface area contributed by atoms with Gasteiger partial charge in [-0.05, 0) is 31.2 Å². The first-order chi connectivity index (χ1) is 8.24. The van der Waals surface area contributed by atoms with Gasteiger partial charge in [0.2, 0.25) is 0 Å². The Balaban J connectivity index is 2.33. The van der Waals surface area contributed by atoms with Crippen molar-refractivity contribution < 1.29 is 4.74 Å². The average molecular weight is 248 g/mol. The second kappa shape index (κ2) is 5.29. The summed E-state index contributed by atoms with van der Waals surface area (Å²) < 4.78 is 5.22. The topological polar surface area (TPSA) is 34.2 Å². The van der Waals surface area contributed by atoms with Crippen molar-refractivity contribution in [1.82, 2.24) is 10.3 Å². The maximum atomic E-state index is 5.22. The number of rotatable bonds is 4. The van der Waals surface area contributed by atoms with E-state index in [0.717, 1.165) is 5.75 Å². The van der Waals surface area contributed by atoms with Crippen LogP contribution in [-0.2, 0) is 0 Å². The van der Waals surface area contributed by atoms with E-state index < -0.39 is 0 Å². The van der Waals surface area contributed by atoms with E-state index >= 15 is 0 Å². The van der Waals surface area contributed by atoms with Crippen molar-refractivity contribution in [2.24, 2.45) is 0 Å². The van der Waals surface area contributed by atoms with E-state index in [2.05, 4.69) is 29.4 Å². The van der Waals surface area contributed by atoms with Crippen LogP contribution in [0.5, 0.6) is 5.75 Å². The molecule has 0 aliphatic carbocycles. The molecule has 2 heterocycles. The summed E-state index contributed by atoms with van der Waals surface area (Å²) in [5, 5.41) is 5.33. The summed E-state index contributed by atoms with van der Waals surface area (Å²) in [4.78, 5) is 5.47. The Morgan fingerprint density at radius 1 is 1.35 bits per heavy atom. The van der Waals surface area contributed by atoms with Crippen LogP contribution in [0.1, 0.15) is 22.0 Å². The van der Waals surface area contributed by atoms with Crippen LogP contribution >= 0.6 is 11.3 Å². The molecule has 17 heavy (non-hydrogen) atoms. The SMILES string of the molecule is CNC(c1cncc(C)c1)c1cc(OC)cs1. The van der Waals surface area contributed by atoms with Crippen molar-refractivity contribution in [2.45, 2.75) is 13.0 Å².